The minimum absolute atomic E-state index is 0.151. The van der Waals surface area contributed by atoms with Crippen LogP contribution < -0.4 is 10.6 Å². The number of aromatic nitrogens is 2. The summed E-state index contributed by atoms with van der Waals surface area (Å²) in [6.45, 7) is 1.80. The Hall–Kier alpha value is -3.00. The van der Waals surface area contributed by atoms with Crippen molar-refractivity contribution in [3.8, 4) is 0 Å². The molecular weight excluding hydrogens is 340 g/mol. The van der Waals surface area contributed by atoms with Crippen molar-refractivity contribution < 1.29 is 14.0 Å². The van der Waals surface area contributed by atoms with Crippen LogP contribution in [0.5, 0.6) is 0 Å². The van der Waals surface area contributed by atoms with Crippen molar-refractivity contribution in [1.29, 1.82) is 0 Å². The van der Waals surface area contributed by atoms with E-state index in [1.807, 2.05) is 30.3 Å². The first kappa shape index (κ1) is 16.8. The third-order valence-corrected chi connectivity index (χ3v) is 4.16. The lowest BCUT2D eigenvalue weighted by Gasteiger charge is -2.17. The van der Waals surface area contributed by atoms with E-state index in [-0.39, 0.29) is 11.7 Å². The van der Waals surface area contributed by atoms with Gasteiger partial charge in [0.25, 0.3) is 5.91 Å². The third kappa shape index (κ3) is 4.51. The van der Waals surface area contributed by atoms with Crippen LogP contribution in [-0.2, 0) is 11.2 Å². The summed E-state index contributed by atoms with van der Waals surface area (Å²) >= 11 is 1.27. The minimum Gasteiger partial charge on any atom is -0.459 e. The van der Waals surface area contributed by atoms with E-state index in [4.69, 9.17) is 4.42 Å². The van der Waals surface area contributed by atoms with E-state index in [2.05, 4.69) is 20.8 Å². The van der Waals surface area contributed by atoms with Gasteiger partial charge in [-0.25, -0.2) is 0 Å². The van der Waals surface area contributed by atoms with E-state index in [0.29, 0.717) is 11.6 Å². The lowest BCUT2D eigenvalue weighted by molar-refractivity contribution is -0.118. The summed E-state index contributed by atoms with van der Waals surface area (Å²) in [6.07, 6.45) is 1.75. The highest BCUT2D eigenvalue weighted by Crippen LogP contribution is 2.15. The molecule has 0 bridgehead atoms. The Labute approximate surface area is 148 Å². The van der Waals surface area contributed by atoms with Gasteiger partial charge in [0.1, 0.15) is 11.0 Å². The fourth-order valence-corrected chi connectivity index (χ4v) is 2.83. The minimum atomic E-state index is -0.774. The van der Waals surface area contributed by atoms with Gasteiger partial charge in [0.2, 0.25) is 11.0 Å². The molecule has 0 spiro atoms. The van der Waals surface area contributed by atoms with E-state index in [1.165, 1.54) is 17.6 Å². The number of carbonyl (C=O) groups is 2. The van der Waals surface area contributed by atoms with Crippen LogP contribution in [0.3, 0.4) is 0 Å². The molecule has 1 aromatic carbocycles. The van der Waals surface area contributed by atoms with Crippen LogP contribution >= 0.6 is 11.3 Å². The highest BCUT2D eigenvalue weighted by molar-refractivity contribution is 7.15. The van der Waals surface area contributed by atoms with Gasteiger partial charge in [0.15, 0.2) is 5.76 Å². The van der Waals surface area contributed by atoms with E-state index in [9.17, 15) is 9.59 Å². The number of nitrogens with one attached hydrogen (secondary N) is 2. The Morgan fingerprint density at radius 3 is 2.60 bits per heavy atom. The van der Waals surface area contributed by atoms with Crippen LogP contribution in [0.25, 0.3) is 0 Å². The molecule has 7 nitrogen and oxygen atoms in total. The van der Waals surface area contributed by atoms with E-state index in [1.54, 1.807) is 19.1 Å². The van der Waals surface area contributed by atoms with E-state index >= 15 is 0 Å². The zero-order chi connectivity index (χ0) is 17.6. The summed E-state index contributed by atoms with van der Waals surface area (Å²) in [6, 6.07) is 11.8. The number of benzene rings is 1. The smallest absolute Gasteiger partial charge is 0.287 e. The topological polar surface area (TPSA) is 97.1 Å². The summed E-state index contributed by atoms with van der Waals surface area (Å²) in [7, 11) is 0. The molecule has 3 aromatic rings. The maximum atomic E-state index is 12.6. The molecule has 2 aromatic heterocycles. The van der Waals surface area contributed by atoms with Crippen LogP contribution in [0, 0.1) is 6.92 Å². The third-order valence-electron chi connectivity index (χ3n) is 3.41. The number of anilines is 1. The van der Waals surface area contributed by atoms with Gasteiger partial charge in [0.05, 0.1) is 6.26 Å². The first-order chi connectivity index (χ1) is 12.1. The predicted molar refractivity (Wildman–Crippen MR) is 93.4 cm³/mol. The highest BCUT2D eigenvalue weighted by Gasteiger charge is 2.24. The van der Waals surface area contributed by atoms with Crippen molar-refractivity contribution in [1.82, 2.24) is 15.5 Å². The molecule has 0 aliphatic rings. The van der Waals surface area contributed by atoms with Crippen LogP contribution in [0.2, 0.25) is 0 Å². The van der Waals surface area contributed by atoms with Crippen molar-refractivity contribution in [2.75, 3.05) is 5.32 Å². The van der Waals surface area contributed by atoms with Crippen molar-refractivity contribution in [2.24, 2.45) is 0 Å². The number of hydrogen-bond donors (Lipinski definition) is 2. The normalized spacial score (nSPS) is 11.7. The fourth-order valence-electron chi connectivity index (χ4n) is 2.24. The molecule has 3 rings (SSSR count). The van der Waals surface area contributed by atoms with Gasteiger partial charge in [0, 0.05) is 6.42 Å². The molecule has 0 aliphatic carbocycles. The second-order valence-electron chi connectivity index (χ2n) is 5.31. The molecule has 2 amide bonds. The fraction of sp³-hybridized carbons (Fsp3) is 0.176. The Morgan fingerprint density at radius 1 is 1.16 bits per heavy atom. The molecule has 2 N–H and O–H groups in total. The second kappa shape index (κ2) is 7.71. The molecule has 2 heterocycles. The van der Waals surface area contributed by atoms with Gasteiger partial charge < -0.3 is 9.73 Å². The van der Waals surface area contributed by atoms with Gasteiger partial charge in [-0.2, -0.15) is 0 Å². The van der Waals surface area contributed by atoms with E-state index in [0.717, 1.165) is 10.6 Å². The van der Waals surface area contributed by atoms with Gasteiger partial charge in [-0.3, -0.25) is 14.9 Å². The van der Waals surface area contributed by atoms with Crippen molar-refractivity contribution in [2.45, 2.75) is 19.4 Å². The molecule has 128 valence electrons. The van der Waals surface area contributed by atoms with Gasteiger partial charge in [-0.05, 0) is 24.6 Å². The Balaban J connectivity index is 1.75. The maximum absolute atomic E-state index is 12.6. The maximum Gasteiger partial charge on any atom is 0.287 e. The van der Waals surface area contributed by atoms with Crippen LogP contribution in [-0.4, -0.2) is 28.1 Å². The lowest BCUT2D eigenvalue weighted by atomic mass is 10.1. The largest absolute Gasteiger partial charge is 0.459 e. The van der Waals surface area contributed by atoms with Gasteiger partial charge in [-0.1, -0.05) is 41.7 Å². The summed E-state index contributed by atoms with van der Waals surface area (Å²) in [5.74, 6) is -0.660. The van der Waals surface area contributed by atoms with Gasteiger partial charge in [-0.15, -0.1) is 10.2 Å². The average molecular weight is 356 g/mol. The molecule has 0 saturated heterocycles. The molecule has 8 heteroatoms. The first-order valence-electron chi connectivity index (χ1n) is 7.61. The summed E-state index contributed by atoms with van der Waals surface area (Å²) in [5.41, 5.74) is 0.927. The summed E-state index contributed by atoms with van der Waals surface area (Å²) < 4.78 is 5.08. The molecule has 25 heavy (non-hydrogen) atoms. The molecule has 0 saturated carbocycles. The molecule has 0 fully saturated rings. The van der Waals surface area contributed by atoms with Crippen molar-refractivity contribution in [3.05, 3.63) is 65.1 Å². The molecular formula is C17H16N4O3S. The number of amides is 2. The first-order valence-corrected chi connectivity index (χ1v) is 8.43. The Bertz CT molecular complexity index is 846. The van der Waals surface area contributed by atoms with Crippen molar-refractivity contribution in [3.63, 3.8) is 0 Å². The Kier molecular flexibility index (Phi) is 5.20. The second-order valence-corrected chi connectivity index (χ2v) is 6.49. The number of carbonyl (C=O) groups excluding carboxylic acids is 2. The predicted octanol–water partition coefficient (Wildman–Crippen LogP) is 2.42. The summed E-state index contributed by atoms with van der Waals surface area (Å²) in [4.78, 5) is 24.9. The quantitative estimate of drug-likeness (QED) is 0.707. The number of furan rings is 1. The zero-order valence-corrected chi connectivity index (χ0v) is 14.2. The monoisotopic (exact) mass is 356 g/mol. The van der Waals surface area contributed by atoms with E-state index < -0.39 is 11.9 Å². The Morgan fingerprint density at radius 2 is 1.96 bits per heavy atom. The van der Waals surface area contributed by atoms with Crippen LogP contribution in [0.4, 0.5) is 5.13 Å². The molecule has 1 atom stereocenters. The van der Waals surface area contributed by atoms with Crippen LogP contribution in [0.15, 0.2) is 53.1 Å². The number of aryl methyl sites for hydroxylation is 1. The average Bonchev–Trinajstić information content (AvgIpc) is 3.27. The standard InChI is InChI=1S/C17H16N4O3S/c1-11-20-21-17(25-11)19-15(22)13(10-12-6-3-2-4-7-12)18-16(23)14-8-5-9-24-14/h2-9,13H,10H2,1H3,(H,18,23)(H,19,21,22). The van der Waals surface area contributed by atoms with Gasteiger partial charge >= 0.3 is 0 Å². The lowest BCUT2D eigenvalue weighted by Crippen LogP contribution is -2.45. The van der Waals surface area contributed by atoms with Crippen LogP contribution in [0.1, 0.15) is 21.1 Å². The number of nitrogens with zero attached hydrogens (tertiary/aromatic N) is 2. The molecule has 0 aliphatic heterocycles. The number of hydrogen-bond acceptors (Lipinski definition) is 6. The van der Waals surface area contributed by atoms with Crippen molar-refractivity contribution >= 4 is 28.3 Å². The number of rotatable bonds is 6. The molecule has 1 unspecified atom stereocenters. The summed E-state index contributed by atoms with van der Waals surface area (Å²) in [5, 5.41) is 14.3. The zero-order valence-electron chi connectivity index (χ0n) is 13.4. The molecule has 0 radical (unpaired) electrons. The SMILES string of the molecule is Cc1nnc(NC(=O)C(Cc2ccccc2)NC(=O)c2ccco2)s1. The highest BCUT2D eigenvalue weighted by atomic mass is 32.1.